The molecular formula is C7H14N4O. The Morgan fingerprint density at radius 2 is 2.25 bits per heavy atom. The van der Waals surface area contributed by atoms with E-state index in [1.807, 2.05) is 26.0 Å². The van der Waals surface area contributed by atoms with E-state index in [9.17, 15) is 4.79 Å². The van der Waals surface area contributed by atoms with Crippen LogP contribution < -0.4 is 11.1 Å². The lowest BCUT2D eigenvalue weighted by molar-refractivity contribution is -0.115. The molecule has 0 fully saturated rings. The Balaban J connectivity index is 2.98. The molecule has 5 nitrogen and oxygen atoms in total. The number of hydrogen-bond acceptors (Lipinski definition) is 4. The van der Waals surface area contributed by atoms with Crippen molar-refractivity contribution in [1.29, 1.82) is 0 Å². The molecule has 0 unspecified atom stereocenters. The number of carbonyl (C=O) groups is 1. The van der Waals surface area contributed by atoms with Gasteiger partial charge in [0, 0.05) is 21.1 Å². The van der Waals surface area contributed by atoms with Crippen LogP contribution in [0.15, 0.2) is 11.5 Å². The van der Waals surface area contributed by atoms with Crippen LogP contribution in [-0.4, -0.2) is 43.5 Å². The van der Waals surface area contributed by atoms with Crippen LogP contribution in [0.3, 0.4) is 0 Å². The molecule has 0 saturated carbocycles. The van der Waals surface area contributed by atoms with Crippen molar-refractivity contribution in [3.05, 3.63) is 11.5 Å². The smallest absolute Gasteiger partial charge is 0.268 e. The van der Waals surface area contributed by atoms with Gasteiger partial charge in [-0.15, -0.1) is 0 Å². The van der Waals surface area contributed by atoms with Crippen LogP contribution in [0.2, 0.25) is 0 Å². The molecule has 0 spiro atoms. The van der Waals surface area contributed by atoms with E-state index in [1.165, 1.54) is 0 Å². The van der Waals surface area contributed by atoms with E-state index in [0.717, 1.165) is 5.82 Å². The van der Waals surface area contributed by atoms with Crippen LogP contribution in [0.1, 0.15) is 0 Å². The Hall–Kier alpha value is -1.39. The lowest BCUT2D eigenvalue weighted by Crippen LogP contribution is -2.27. The maximum Gasteiger partial charge on any atom is 0.268 e. The molecule has 68 valence electrons. The van der Waals surface area contributed by atoms with Crippen molar-refractivity contribution in [3.8, 4) is 0 Å². The number of likely N-dealkylation sites (N-methyl/N-ethyl adjacent to an activating group) is 1. The lowest BCUT2D eigenvalue weighted by atomic mass is 10.4. The molecule has 0 aromatic rings. The van der Waals surface area contributed by atoms with Gasteiger partial charge in [0.2, 0.25) is 0 Å². The predicted octanol–water partition coefficient (Wildman–Crippen LogP) is -1.31. The zero-order valence-electron chi connectivity index (χ0n) is 7.59. The van der Waals surface area contributed by atoms with Crippen LogP contribution in [0.4, 0.5) is 0 Å². The minimum atomic E-state index is -0.397. The van der Waals surface area contributed by atoms with Crippen molar-refractivity contribution < 1.29 is 4.79 Å². The second kappa shape index (κ2) is 2.92. The molecule has 12 heavy (non-hydrogen) atoms. The van der Waals surface area contributed by atoms with Gasteiger partial charge in [-0.2, -0.15) is 0 Å². The number of carbonyl (C=O) groups excluding carboxylic acids is 1. The molecule has 0 aliphatic carbocycles. The highest BCUT2D eigenvalue weighted by Crippen LogP contribution is 2.13. The van der Waals surface area contributed by atoms with E-state index >= 15 is 0 Å². The van der Waals surface area contributed by atoms with Crippen LogP contribution >= 0.6 is 0 Å². The summed E-state index contributed by atoms with van der Waals surface area (Å²) in [6, 6.07) is 0. The highest BCUT2D eigenvalue weighted by atomic mass is 16.1. The predicted molar refractivity (Wildman–Crippen MR) is 45.7 cm³/mol. The molecule has 1 rings (SSSR count). The van der Waals surface area contributed by atoms with Crippen molar-refractivity contribution in [2.24, 2.45) is 5.73 Å². The largest absolute Gasteiger partial charge is 0.364 e. The Bertz CT molecular complexity index is 234. The first-order valence-electron chi connectivity index (χ1n) is 3.70. The Labute approximate surface area is 71.8 Å². The summed E-state index contributed by atoms with van der Waals surface area (Å²) >= 11 is 0. The first kappa shape index (κ1) is 8.70. The fraction of sp³-hybridized carbons (Fsp3) is 0.571. The zero-order valence-corrected chi connectivity index (χ0v) is 7.59. The van der Waals surface area contributed by atoms with Crippen molar-refractivity contribution in [2.45, 2.75) is 0 Å². The second-order valence-corrected chi connectivity index (χ2v) is 2.99. The van der Waals surface area contributed by atoms with Gasteiger partial charge in [0.1, 0.15) is 11.5 Å². The molecule has 5 heteroatoms. The number of primary amides is 1. The molecule has 0 atom stereocenters. The molecule has 3 N–H and O–H groups in total. The van der Waals surface area contributed by atoms with E-state index in [-0.39, 0.29) is 0 Å². The van der Waals surface area contributed by atoms with Crippen molar-refractivity contribution in [1.82, 2.24) is 15.1 Å². The Kier molecular flexibility index (Phi) is 2.12. The fourth-order valence-electron chi connectivity index (χ4n) is 1.21. The molecule has 0 aromatic carbocycles. The van der Waals surface area contributed by atoms with Gasteiger partial charge in [-0.05, 0) is 0 Å². The van der Waals surface area contributed by atoms with Crippen LogP contribution in [0, 0.1) is 0 Å². The summed E-state index contributed by atoms with van der Waals surface area (Å²) in [5.41, 5.74) is 5.75. The van der Waals surface area contributed by atoms with Crippen LogP contribution in [0.5, 0.6) is 0 Å². The second-order valence-electron chi connectivity index (χ2n) is 2.99. The molecule has 0 aromatic heterocycles. The van der Waals surface area contributed by atoms with Gasteiger partial charge in [0.25, 0.3) is 5.91 Å². The molecule has 0 radical (unpaired) electrons. The van der Waals surface area contributed by atoms with Gasteiger partial charge in [-0.25, -0.2) is 0 Å². The quantitative estimate of drug-likeness (QED) is 0.540. The van der Waals surface area contributed by atoms with Gasteiger partial charge in [0.05, 0.1) is 6.67 Å². The maximum atomic E-state index is 11.0. The van der Waals surface area contributed by atoms with E-state index in [4.69, 9.17) is 5.73 Å². The third-order valence-electron chi connectivity index (χ3n) is 1.77. The molecule has 0 saturated heterocycles. The summed E-state index contributed by atoms with van der Waals surface area (Å²) in [6.07, 6.45) is 0. The molecular weight excluding hydrogens is 156 g/mol. The lowest BCUT2D eigenvalue weighted by Gasteiger charge is -2.15. The number of amides is 1. The first-order valence-corrected chi connectivity index (χ1v) is 3.70. The normalized spacial score (nSPS) is 16.4. The standard InChI is InChI=1S/C7H14N4O/c1-10(2)7-5(6(8)12)11(3)4-9-7/h9H,4H2,1-3H3,(H2,8,12). The Morgan fingerprint density at radius 1 is 1.67 bits per heavy atom. The highest BCUT2D eigenvalue weighted by molar-refractivity contribution is 5.92. The van der Waals surface area contributed by atoms with E-state index in [2.05, 4.69) is 5.32 Å². The highest BCUT2D eigenvalue weighted by Gasteiger charge is 2.24. The molecule has 1 aliphatic heterocycles. The molecule has 1 aliphatic rings. The zero-order chi connectivity index (χ0) is 9.30. The van der Waals surface area contributed by atoms with Gasteiger partial charge in [-0.3, -0.25) is 4.79 Å². The first-order chi connectivity index (χ1) is 5.54. The number of nitrogens with zero attached hydrogens (tertiary/aromatic N) is 2. The Morgan fingerprint density at radius 3 is 2.58 bits per heavy atom. The number of nitrogens with one attached hydrogen (secondary N) is 1. The summed E-state index contributed by atoms with van der Waals surface area (Å²) in [5.74, 6) is 0.385. The summed E-state index contributed by atoms with van der Waals surface area (Å²) in [5, 5.41) is 3.07. The third kappa shape index (κ3) is 1.30. The average Bonchev–Trinajstić information content (AvgIpc) is 2.30. The number of hydrogen-bond donors (Lipinski definition) is 2. The molecule has 1 amide bonds. The van der Waals surface area contributed by atoms with E-state index < -0.39 is 5.91 Å². The summed E-state index contributed by atoms with van der Waals surface area (Å²) < 4.78 is 0. The minimum absolute atomic E-state index is 0.397. The summed E-state index contributed by atoms with van der Waals surface area (Å²) in [4.78, 5) is 14.6. The molecule has 1 heterocycles. The van der Waals surface area contributed by atoms with E-state index in [1.54, 1.807) is 4.90 Å². The van der Waals surface area contributed by atoms with Gasteiger partial charge < -0.3 is 20.9 Å². The fourth-order valence-corrected chi connectivity index (χ4v) is 1.21. The van der Waals surface area contributed by atoms with Crippen molar-refractivity contribution >= 4 is 5.91 Å². The SMILES string of the molecule is CN(C)C1=C(C(N)=O)N(C)CN1. The van der Waals surface area contributed by atoms with Crippen molar-refractivity contribution in [3.63, 3.8) is 0 Å². The number of nitrogens with two attached hydrogens (primary N) is 1. The van der Waals surface area contributed by atoms with Gasteiger partial charge in [0.15, 0.2) is 0 Å². The van der Waals surface area contributed by atoms with Gasteiger partial charge in [-0.1, -0.05) is 0 Å². The summed E-state index contributed by atoms with van der Waals surface area (Å²) in [7, 11) is 5.55. The third-order valence-corrected chi connectivity index (χ3v) is 1.77. The van der Waals surface area contributed by atoms with Gasteiger partial charge >= 0.3 is 0 Å². The topological polar surface area (TPSA) is 61.6 Å². The minimum Gasteiger partial charge on any atom is -0.364 e. The van der Waals surface area contributed by atoms with Crippen LogP contribution in [0.25, 0.3) is 0 Å². The van der Waals surface area contributed by atoms with Crippen LogP contribution in [-0.2, 0) is 4.79 Å². The van der Waals surface area contributed by atoms with Crippen molar-refractivity contribution in [2.75, 3.05) is 27.8 Å². The maximum absolute atomic E-state index is 11.0. The molecule has 0 bridgehead atoms. The monoisotopic (exact) mass is 170 g/mol. The average molecular weight is 170 g/mol. The van der Waals surface area contributed by atoms with E-state index in [0.29, 0.717) is 12.4 Å². The summed E-state index contributed by atoms with van der Waals surface area (Å²) in [6.45, 7) is 0.631. The number of rotatable bonds is 2.